The van der Waals surface area contributed by atoms with E-state index in [-0.39, 0.29) is 5.97 Å². The van der Waals surface area contributed by atoms with E-state index in [0.717, 1.165) is 19.3 Å². The minimum atomic E-state index is -1.83. The van der Waals surface area contributed by atoms with Gasteiger partial charge in [0.25, 0.3) is 0 Å². The number of esters is 1. The number of unbranched alkanes of at least 4 members (excludes halogenated alkanes) is 1. The normalized spacial score (nSPS) is 11.1. The number of carbonyl (C=O) groups excluding carboxylic acids is 1. The van der Waals surface area contributed by atoms with Crippen LogP contribution < -0.4 is 0 Å². The number of ether oxygens (including phenoxy) is 1. The number of allylic oxidation sites excluding steroid dienone is 1. The molecule has 0 aromatic heterocycles. The predicted octanol–water partition coefficient (Wildman–Crippen LogP) is 3.15. The maximum atomic E-state index is 10.5. The fourth-order valence-corrected chi connectivity index (χ4v) is 3.68. The molecule has 0 radical (unpaired) electrons. The second kappa shape index (κ2) is 6.48. The molecule has 0 aliphatic rings. The molecule has 0 saturated heterocycles. The van der Waals surface area contributed by atoms with E-state index >= 15 is 0 Å². The Hall–Kier alpha value is 0.00870. The second-order valence-electron chi connectivity index (χ2n) is 4.65. The fraction of sp³-hybridized carbons (Fsp3) is 0.727. The molecule has 0 bridgehead atoms. The Morgan fingerprint density at radius 1 is 1.29 bits per heavy atom. The Labute approximate surface area is 91.6 Å². The summed E-state index contributed by atoms with van der Waals surface area (Å²) >= 11 is -1.83. The van der Waals surface area contributed by atoms with Gasteiger partial charge in [0.2, 0.25) is 0 Å². The summed E-state index contributed by atoms with van der Waals surface area (Å²) in [6, 6.07) is 0. The third-order valence-corrected chi connectivity index (χ3v) is 9.01. The molecule has 0 fully saturated rings. The average Bonchev–Trinajstić information content (AvgIpc) is 2.01. The Kier molecular flexibility index (Phi) is 6.49. The molecule has 0 atom stereocenters. The number of rotatable bonds is 6. The van der Waals surface area contributed by atoms with Crippen molar-refractivity contribution < 1.29 is 9.53 Å². The van der Waals surface area contributed by atoms with Gasteiger partial charge < -0.3 is 0 Å². The van der Waals surface area contributed by atoms with E-state index in [0.29, 0.717) is 6.61 Å². The third kappa shape index (κ3) is 7.42. The molecule has 0 heterocycles. The van der Waals surface area contributed by atoms with Crippen LogP contribution in [0.15, 0.2) is 10.2 Å². The Morgan fingerprint density at radius 2 is 1.86 bits per heavy atom. The van der Waals surface area contributed by atoms with Crippen LogP contribution in [0.4, 0.5) is 0 Å². The standard InChI is InChI=1S/C8H13O2.3CH3.Sn/c1-3-4-5-6-7-10-8(2)9;;;;/h1,4-7H2,2H3;3*1H3;. The molecular formula is C11H22O2Sn. The van der Waals surface area contributed by atoms with Crippen molar-refractivity contribution in [3.63, 3.8) is 0 Å². The Balaban J connectivity index is 3.46. The van der Waals surface area contributed by atoms with E-state index in [9.17, 15) is 4.79 Å². The molecule has 2 nitrogen and oxygen atoms in total. The molecule has 0 aliphatic carbocycles. The summed E-state index contributed by atoms with van der Waals surface area (Å²) in [5.74, 6) is -0.182. The number of carbonyl (C=O) groups is 1. The van der Waals surface area contributed by atoms with Crippen molar-refractivity contribution in [1.29, 1.82) is 0 Å². The van der Waals surface area contributed by atoms with Crippen LogP contribution in [-0.2, 0) is 9.53 Å². The van der Waals surface area contributed by atoms with E-state index < -0.39 is 18.4 Å². The van der Waals surface area contributed by atoms with Gasteiger partial charge in [-0.25, -0.2) is 0 Å². The van der Waals surface area contributed by atoms with Crippen LogP contribution in [0.2, 0.25) is 14.8 Å². The maximum absolute atomic E-state index is 10.5. The van der Waals surface area contributed by atoms with Crippen molar-refractivity contribution >= 4 is 24.3 Å². The molecule has 0 aromatic carbocycles. The first-order chi connectivity index (χ1) is 6.34. The summed E-state index contributed by atoms with van der Waals surface area (Å²) in [5, 5.41) is 0. The third-order valence-electron chi connectivity index (χ3n) is 2.24. The van der Waals surface area contributed by atoms with Gasteiger partial charge in [0.05, 0.1) is 0 Å². The topological polar surface area (TPSA) is 26.3 Å². The van der Waals surface area contributed by atoms with Crippen LogP contribution in [0.3, 0.4) is 0 Å². The molecule has 0 unspecified atom stereocenters. The van der Waals surface area contributed by atoms with Crippen LogP contribution in [0, 0.1) is 0 Å². The first-order valence-electron chi connectivity index (χ1n) is 5.15. The van der Waals surface area contributed by atoms with Gasteiger partial charge in [-0.05, 0) is 0 Å². The van der Waals surface area contributed by atoms with Crippen LogP contribution >= 0.6 is 0 Å². The Bertz CT molecular complexity index is 204. The van der Waals surface area contributed by atoms with Crippen molar-refractivity contribution in [2.24, 2.45) is 0 Å². The van der Waals surface area contributed by atoms with Crippen molar-refractivity contribution in [1.82, 2.24) is 0 Å². The molecule has 0 aliphatic heterocycles. The summed E-state index contributed by atoms with van der Waals surface area (Å²) in [5.41, 5.74) is 0. The summed E-state index contributed by atoms with van der Waals surface area (Å²) in [6.45, 7) is 6.15. The zero-order chi connectivity index (χ0) is 11.2. The first-order valence-corrected chi connectivity index (χ1v) is 15.1. The molecule has 3 heteroatoms. The average molecular weight is 305 g/mol. The van der Waals surface area contributed by atoms with Gasteiger partial charge in [0.1, 0.15) is 0 Å². The summed E-state index contributed by atoms with van der Waals surface area (Å²) in [4.78, 5) is 17.6. The monoisotopic (exact) mass is 306 g/mol. The molecule has 0 aromatic rings. The minimum absolute atomic E-state index is 0.182. The van der Waals surface area contributed by atoms with E-state index in [2.05, 4.69) is 21.4 Å². The zero-order valence-corrected chi connectivity index (χ0v) is 12.7. The van der Waals surface area contributed by atoms with Crippen molar-refractivity contribution in [2.45, 2.75) is 41.0 Å². The summed E-state index contributed by atoms with van der Waals surface area (Å²) < 4.78 is 6.33. The van der Waals surface area contributed by atoms with E-state index in [1.807, 2.05) is 0 Å². The molecule has 14 heavy (non-hydrogen) atoms. The predicted molar refractivity (Wildman–Crippen MR) is 63.0 cm³/mol. The fourth-order valence-electron chi connectivity index (χ4n) is 1.03. The Morgan fingerprint density at radius 3 is 2.29 bits per heavy atom. The van der Waals surface area contributed by atoms with E-state index in [1.165, 1.54) is 10.5 Å². The van der Waals surface area contributed by atoms with Crippen LogP contribution in [0.5, 0.6) is 0 Å². The molecule has 0 rings (SSSR count). The molecule has 0 amide bonds. The number of hydrogen-bond donors (Lipinski definition) is 0. The molecule has 0 saturated carbocycles. The van der Waals surface area contributed by atoms with Gasteiger partial charge in [0, 0.05) is 0 Å². The molecule has 0 spiro atoms. The van der Waals surface area contributed by atoms with Gasteiger partial charge in [0.15, 0.2) is 0 Å². The van der Waals surface area contributed by atoms with E-state index in [1.54, 1.807) is 0 Å². The molecule has 0 N–H and O–H groups in total. The van der Waals surface area contributed by atoms with Gasteiger partial charge >= 0.3 is 91.7 Å². The molecular weight excluding hydrogens is 283 g/mol. The van der Waals surface area contributed by atoms with Gasteiger partial charge in [-0.2, -0.15) is 0 Å². The van der Waals surface area contributed by atoms with Crippen molar-refractivity contribution in [3.05, 3.63) is 10.2 Å². The molecule has 82 valence electrons. The van der Waals surface area contributed by atoms with Crippen LogP contribution in [0.25, 0.3) is 0 Å². The quantitative estimate of drug-likeness (QED) is 0.428. The van der Waals surface area contributed by atoms with Crippen LogP contribution in [0.1, 0.15) is 26.2 Å². The van der Waals surface area contributed by atoms with E-state index in [4.69, 9.17) is 4.74 Å². The summed E-state index contributed by atoms with van der Waals surface area (Å²) in [7, 11) is 0. The SMILES string of the molecule is C=[C](CCCCOC(C)=O)[Sn]([CH3])([CH3])[CH3]. The van der Waals surface area contributed by atoms with Gasteiger partial charge in [-0.3, -0.25) is 0 Å². The van der Waals surface area contributed by atoms with Crippen molar-refractivity contribution in [2.75, 3.05) is 6.61 Å². The van der Waals surface area contributed by atoms with Crippen LogP contribution in [-0.4, -0.2) is 31.0 Å². The second-order valence-corrected chi connectivity index (χ2v) is 19.5. The zero-order valence-electron chi connectivity index (χ0n) is 9.85. The van der Waals surface area contributed by atoms with Gasteiger partial charge in [-0.15, -0.1) is 0 Å². The van der Waals surface area contributed by atoms with Gasteiger partial charge in [-0.1, -0.05) is 0 Å². The van der Waals surface area contributed by atoms with Crippen molar-refractivity contribution in [3.8, 4) is 0 Å². The first kappa shape index (κ1) is 14.0. The summed E-state index contributed by atoms with van der Waals surface area (Å²) in [6.07, 6.45) is 3.17. The number of hydrogen-bond acceptors (Lipinski definition) is 2.